The number of benzene rings is 2. The van der Waals surface area contributed by atoms with Crippen molar-refractivity contribution in [3.05, 3.63) is 77.1 Å². The van der Waals surface area contributed by atoms with Crippen LogP contribution < -0.4 is 10.1 Å². The Kier molecular flexibility index (Phi) is 5.12. The van der Waals surface area contributed by atoms with Crippen LogP contribution in [0.4, 0.5) is 5.69 Å². The highest BCUT2D eigenvalue weighted by atomic mass is 32.2. The average Bonchev–Trinajstić information content (AvgIpc) is 3.30. The number of furan rings is 1. The van der Waals surface area contributed by atoms with E-state index in [2.05, 4.69) is 5.10 Å². The van der Waals surface area contributed by atoms with Gasteiger partial charge in [0, 0.05) is 5.56 Å². The highest BCUT2D eigenvalue weighted by Crippen LogP contribution is 2.29. The van der Waals surface area contributed by atoms with Gasteiger partial charge in [-0.2, -0.15) is 10.1 Å². The normalized spacial score (nSPS) is 15.6. The molecule has 0 radical (unpaired) electrons. The van der Waals surface area contributed by atoms with Crippen molar-refractivity contribution < 1.29 is 17.6 Å². The number of nitrogens with two attached hydrogens (primary N) is 1. The van der Waals surface area contributed by atoms with Crippen LogP contribution >= 0.6 is 0 Å². The molecule has 0 unspecified atom stereocenters. The monoisotopic (exact) mass is 435 g/mol. The Balaban J connectivity index is 1.60. The van der Waals surface area contributed by atoms with Gasteiger partial charge in [0.05, 0.1) is 21.9 Å². The number of anilines is 1. The van der Waals surface area contributed by atoms with Crippen LogP contribution in [0, 0.1) is 13.8 Å². The molecular weight excluding hydrogens is 414 g/mol. The lowest BCUT2D eigenvalue weighted by atomic mass is 10.1. The zero-order chi connectivity index (χ0) is 22.3. The standard InChI is InChI=1S/C23H21N3O4S/c1-14-4-7-18(12-15(14)2)26-23(27)21(16(3)25-26)13-19-8-11-22(30-19)17-5-9-20(10-6-17)31(24,28)29/h4-13H,1-3H3,(H2,24,28,29)/b21-13-. The van der Waals surface area contributed by atoms with Gasteiger partial charge in [-0.15, -0.1) is 0 Å². The second-order valence-electron chi connectivity index (χ2n) is 7.40. The predicted octanol–water partition coefficient (Wildman–Crippen LogP) is 4.02. The van der Waals surface area contributed by atoms with E-state index in [9.17, 15) is 13.2 Å². The number of hydrazone groups is 1. The first kappa shape index (κ1) is 20.8. The molecule has 2 aromatic carbocycles. The minimum Gasteiger partial charge on any atom is -0.457 e. The van der Waals surface area contributed by atoms with Crippen molar-refractivity contribution in [2.75, 3.05) is 5.01 Å². The molecule has 31 heavy (non-hydrogen) atoms. The number of rotatable bonds is 4. The third-order valence-corrected chi connectivity index (χ3v) is 6.11. The predicted molar refractivity (Wildman–Crippen MR) is 120 cm³/mol. The Hall–Kier alpha value is -3.49. The van der Waals surface area contributed by atoms with E-state index < -0.39 is 10.0 Å². The van der Waals surface area contributed by atoms with Gasteiger partial charge in [0.1, 0.15) is 11.5 Å². The van der Waals surface area contributed by atoms with Gasteiger partial charge in [0.15, 0.2) is 0 Å². The molecule has 0 saturated heterocycles. The first-order valence-corrected chi connectivity index (χ1v) is 11.1. The lowest BCUT2D eigenvalue weighted by Gasteiger charge is -2.13. The van der Waals surface area contributed by atoms with E-state index in [4.69, 9.17) is 9.56 Å². The molecule has 2 N–H and O–H groups in total. The van der Waals surface area contributed by atoms with E-state index in [-0.39, 0.29) is 10.8 Å². The Morgan fingerprint density at radius 2 is 1.68 bits per heavy atom. The molecule has 158 valence electrons. The van der Waals surface area contributed by atoms with E-state index in [1.54, 1.807) is 37.3 Å². The number of sulfonamides is 1. The molecule has 1 aliphatic heterocycles. The second kappa shape index (κ2) is 7.64. The van der Waals surface area contributed by atoms with Gasteiger partial charge in [0.25, 0.3) is 5.91 Å². The van der Waals surface area contributed by atoms with Crippen LogP contribution in [0.1, 0.15) is 23.8 Å². The number of hydrogen-bond acceptors (Lipinski definition) is 5. The summed E-state index contributed by atoms with van der Waals surface area (Å²) in [5.74, 6) is 0.806. The summed E-state index contributed by atoms with van der Waals surface area (Å²) in [6.45, 7) is 5.79. The first-order valence-electron chi connectivity index (χ1n) is 9.55. The third kappa shape index (κ3) is 4.08. The van der Waals surface area contributed by atoms with Gasteiger partial charge in [-0.1, -0.05) is 6.07 Å². The highest BCUT2D eigenvalue weighted by Gasteiger charge is 2.29. The van der Waals surface area contributed by atoms with Gasteiger partial charge in [0.2, 0.25) is 10.0 Å². The van der Waals surface area contributed by atoms with Crippen LogP contribution in [-0.2, 0) is 14.8 Å². The minimum absolute atomic E-state index is 0.0278. The van der Waals surface area contributed by atoms with Gasteiger partial charge in [-0.25, -0.2) is 13.6 Å². The van der Waals surface area contributed by atoms with Crippen LogP contribution in [0.5, 0.6) is 0 Å². The number of carbonyl (C=O) groups excluding carboxylic acids is 1. The highest BCUT2D eigenvalue weighted by molar-refractivity contribution is 7.89. The van der Waals surface area contributed by atoms with Crippen LogP contribution in [0.3, 0.4) is 0 Å². The Bertz CT molecular complexity index is 1350. The fourth-order valence-corrected chi connectivity index (χ4v) is 3.77. The molecule has 4 rings (SSSR count). The molecule has 0 atom stereocenters. The molecule has 0 bridgehead atoms. The smallest absolute Gasteiger partial charge is 0.280 e. The number of hydrogen-bond donors (Lipinski definition) is 1. The molecule has 7 nitrogen and oxygen atoms in total. The van der Waals surface area contributed by atoms with Crippen molar-refractivity contribution in [2.45, 2.75) is 25.7 Å². The van der Waals surface area contributed by atoms with Gasteiger partial charge < -0.3 is 4.42 Å². The third-order valence-electron chi connectivity index (χ3n) is 5.18. The van der Waals surface area contributed by atoms with Crippen LogP contribution in [0.2, 0.25) is 0 Å². The van der Waals surface area contributed by atoms with E-state index in [0.29, 0.717) is 34.1 Å². The number of carbonyl (C=O) groups is 1. The first-order chi connectivity index (χ1) is 14.6. The molecule has 0 fully saturated rings. The maximum atomic E-state index is 13.0. The maximum absolute atomic E-state index is 13.0. The summed E-state index contributed by atoms with van der Waals surface area (Å²) >= 11 is 0. The summed E-state index contributed by atoms with van der Waals surface area (Å²) in [7, 11) is -3.75. The fourth-order valence-electron chi connectivity index (χ4n) is 3.25. The molecule has 0 saturated carbocycles. The molecule has 0 spiro atoms. The van der Waals surface area contributed by atoms with Crippen LogP contribution in [0.25, 0.3) is 17.4 Å². The lowest BCUT2D eigenvalue weighted by Crippen LogP contribution is -2.21. The SMILES string of the molecule is CC1=NN(c2ccc(C)c(C)c2)C(=O)/C1=C\c1ccc(-c2ccc(S(N)(=O)=O)cc2)o1. The molecule has 8 heteroatoms. The summed E-state index contributed by atoms with van der Waals surface area (Å²) in [5, 5.41) is 10.9. The van der Waals surface area contributed by atoms with E-state index in [0.717, 1.165) is 11.1 Å². The number of amides is 1. The summed E-state index contributed by atoms with van der Waals surface area (Å²) < 4.78 is 28.7. The van der Waals surface area contributed by atoms with Crippen molar-refractivity contribution in [2.24, 2.45) is 10.2 Å². The molecule has 0 aliphatic carbocycles. The molecular formula is C23H21N3O4S. The lowest BCUT2D eigenvalue weighted by molar-refractivity contribution is -0.114. The van der Waals surface area contributed by atoms with Crippen LogP contribution in [0.15, 0.2) is 74.6 Å². The quantitative estimate of drug-likeness (QED) is 0.625. The minimum atomic E-state index is -3.75. The fraction of sp³-hybridized carbons (Fsp3) is 0.130. The topological polar surface area (TPSA) is 106 Å². The van der Waals surface area contributed by atoms with Crippen molar-refractivity contribution in [1.29, 1.82) is 0 Å². The summed E-state index contributed by atoms with van der Waals surface area (Å²) in [6, 6.07) is 15.3. The maximum Gasteiger partial charge on any atom is 0.280 e. The molecule has 1 amide bonds. The molecule has 3 aromatic rings. The van der Waals surface area contributed by atoms with Crippen molar-refractivity contribution in [1.82, 2.24) is 0 Å². The molecule has 1 aliphatic rings. The number of aryl methyl sites for hydroxylation is 2. The van der Waals surface area contributed by atoms with Gasteiger partial charge in [-0.3, -0.25) is 4.79 Å². The average molecular weight is 436 g/mol. The Morgan fingerprint density at radius 1 is 0.968 bits per heavy atom. The van der Waals surface area contributed by atoms with Crippen molar-refractivity contribution in [3.63, 3.8) is 0 Å². The van der Waals surface area contributed by atoms with E-state index >= 15 is 0 Å². The van der Waals surface area contributed by atoms with Crippen molar-refractivity contribution in [3.8, 4) is 11.3 Å². The summed E-state index contributed by atoms with van der Waals surface area (Å²) in [5.41, 5.74) is 4.68. The zero-order valence-electron chi connectivity index (χ0n) is 17.3. The van der Waals surface area contributed by atoms with E-state index in [1.165, 1.54) is 17.1 Å². The van der Waals surface area contributed by atoms with Crippen molar-refractivity contribution >= 4 is 33.4 Å². The van der Waals surface area contributed by atoms with Crippen LogP contribution in [-0.4, -0.2) is 20.0 Å². The Morgan fingerprint density at radius 3 is 2.32 bits per heavy atom. The Labute approximate surface area is 180 Å². The zero-order valence-corrected chi connectivity index (χ0v) is 18.1. The molecule has 2 heterocycles. The molecule has 1 aromatic heterocycles. The summed E-state index contributed by atoms with van der Waals surface area (Å²) in [4.78, 5) is 13.0. The second-order valence-corrected chi connectivity index (χ2v) is 8.96. The van der Waals surface area contributed by atoms with E-state index in [1.807, 2.05) is 32.0 Å². The summed E-state index contributed by atoms with van der Waals surface area (Å²) in [6.07, 6.45) is 1.66. The van der Waals surface area contributed by atoms with Gasteiger partial charge in [-0.05, 0) is 86.5 Å². The number of nitrogens with zero attached hydrogens (tertiary/aromatic N) is 2. The number of primary sulfonamides is 1. The largest absolute Gasteiger partial charge is 0.457 e. The van der Waals surface area contributed by atoms with Gasteiger partial charge >= 0.3 is 0 Å².